The van der Waals surface area contributed by atoms with Crippen LogP contribution in [0, 0.1) is 0 Å². The molecule has 0 aliphatic carbocycles. The van der Waals surface area contributed by atoms with Gasteiger partial charge in [-0.25, -0.2) is 0 Å². The third kappa shape index (κ3) is 4.94. The SMILES string of the molecule is CCc1ccc(C(=O)C(C)Sc2nnc(COc3ccc(Cl)cc3)n2C)cc1. The third-order valence-corrected chi connectivity index (χ3v) is 5.79. The average Bonchev–Trinajstić information content (AvgIpc) is 3.06. The number of hydrogen-bond acceptors (Lipinski definition) is 5. The molecule has 2 aromatic carbocycles. The molecule has 0 saturated heterocycles. The highest BCUT2D eigenvalue weighted by atomic mass is 35.5. The van der Waals surface area contributed by atoms with E-state index >= 15 is 0 Å². The van der Waals surface area contributed by atoms with Crippen LogP contribution in [0.3, 0.4) is 0 Å². The first-order chi connectivity index (χ1) is 13.5. The minimum atomic E-state index is -0.264. The van der Waals surface area contributed by atoms with E-state index in [1.165, 1.54) is 17.3 Å². The second-order valence-electron chi connectivity index (χ2n) is 6.38. The van der Waals surface area contributed by atoms with E-state index in [0.29, 0.717) is 27.3 Å². The van der Waals surface area contributed by atoms with Crippen LogP contribution in [-0.2, 0) is 20.1 Å². The lowest BCUT2D eigenvalue weighted by atomic mass is 10.1. The smallest absolute Gasteiger partial charge is 0.191 e. The van der Waals surface area contributed by atoms with Crippen molar-refractivity contribution < 1.29 is 9.53 Å². The summed E-state index contributed by atoms with van der Waals surface area (Å²) in [6.07, 6.45) is 0.957. The van der Waals surface area contributed by atoms with Gasteiger partial charge in [-0.1, -0.05) is 54.6 Å². The van der Waals surface area contributed by atoms with Gasteiger partial charge in [0.1, 0.15) is 12.4 Å². The van der Waals surface area contributed by atoms with E-state index in [9.17, 15) is 4.79 Å². The summed E-state index contributed by atoms with van der Waals surface area (Å²) >= 11 is 7.27. The van der Waals surface area contributed by atoms with Crippen LogP contribution in [-0.4, -0.2) is 25.8 Å². The van der Waals surface area contributed by atoms with Gasteiger partial charge in [0.25, 0.3) is 0 Å². The number of ether oxygens (including phenoxy) is 1. The molecule has 0 spiro atoms. The first-order valence-corrected chi connectivity index (χ1v) is 10.3. The summed E-state index contributed by atoms with van der Waals surface area (Å²) in [7, 11) is 1.87. The standard InChI is InChI=1S/C21H22ClN3O2S/c1-4-15-5-7-16(8-6-15)20(26)14(2)28-21-24-23-19(25(21)3)13-27-18-11-9-17(22)10-12-18/h5-12,14H,4,13H2,1-3H3. The normalized spacial score (nSPS) is 12.0. The highest BCUT2D eigenvalue weighted by Gasteiger charge is 2.20. The molecule has 5 nitrogen and oxygen atoms in total. The second-order valence-corrected chi connectivity index (χ2v) is 8.12. The molecule has 0 aliphatic rings. The van der Waals surface area contributed by atoms with Gasteiger partial charge in [0.2, 0.25) is 0 Å². The minimum Gasteiger partial charge on any atom is -0.486 e. The average molecular weight is 416 g/mol. The Morgan fingerprint density at radius 2 is 1.82 bits per heavy atom. The Kier molecular flexibility index (Phi) is 6.75. The molecule has 0 saturated carbocycles. The topological polar surface area (TPSA) is 57.0 Å². The molecule has 0 aliphatic heterocycles. The van der Waals surface area contributed by atoms with E-state index in [-0.39, 0.29) is 17.6 Å². The Morgan fingerprint density at radius 1 is 1.14 bits per heavy atom. The third-order valence-electron chi connectivity index (χ3n) is 4.40. The Bertz CT molecular complexity index is 939. The van der Waals surface area contributed by atoms with E-state index in [1.807, 2.05) is 42.8 Å². The van der Waals surface area contributed by atoms with Crippen LogP contribution in [0.1, 0.15) is 35.6 Å². The van der Waals surface area contributed by atoms with Gasteiger partial charge in [-0.15, -0.1) is 10.2 Å². The molecule has 3 aromatic rings. The van der Waals surface area contributed by atoms with Gasteiger partial charge in [0.15, 0.2) is 16.8 Å². The number of nitrogens with zero attached hydrogens (tertiary/aromatic N) is 3. The van der Waals surface area contributed by atoms with Gasteiger partial charge in [-0.3, -0.25) is 4.79 Å². The summed E-state index contributed by atoms with van der Waals surface area (Å²) in [6, 6.07) is 14.9. The second kappa shape index (κ2) is 9.26. The Balaban J connectivity index is 1.62. The number of thioether (sulfide) groups is 1. The zero-order valence-electron chi connectivity index (χ0n) is 16.1. The van der Waals surface area contributed by atoms with Crippen molar-refractivity contribution in [2.45, 2.75) is 37.3 Å². The summed E-state index contributed by atoms with van der Waals surface area (Å²) in [4.78, 5) is 12.7. The van der Waals surface area contributed by atoms with Gasteiger partial charge >= 0.3 is 0 Å². The summed E-state index contributed by atoms with van der Waals surface area (Å²) in [5.41, 5.74) is 1.93. The number of carbonyl (C=O) groups is 1. The highest BCUT2D eigenvalue weighted by Crippen LogP contribution is 2.25. The number of ketones is 1. The molecule has 0 N–H and O–H groups in total. The van der Waals surface area contributed by atoms with Crippen LogP contribution >= 0.6 is 23.4 Å². The molecule has 1 heterocycles. The van der Waals surface area contributed by atoms with Gasteiger partial charge in [0, 0.05) is 17.6 Å². The fourth-order valence-corrected chi connectivity index (χ4v) is 3.64. The van der Waals surface area contributed by atoms with Gasteiger partial charge in [-0.05, 0) is 43.2 Å². The van der Waals surface area contributed by atoms with Crippen molar-refractivity contribution in [1.82, 2.24) is 14.8 Å². The molecule has 0 fully saturated rings. The van der Waals surface area contributed by atoms with Gasteiger partial charge < -0.3 is 9.30 Å². The lowest BCUT2D eigenvalue weighted by molar-refractivity contribution is 0.0994. The van der Waals surface area contributed by atoms with Crippen LogP contribution in [0.15, 0.2) is 53.7 Å². The van der Waals surface area contributed by atoms with Crippen molar-refractivity contribution >= 4 is 29.1 Å². The number of hydrogen-bond donors (Lipinski definition) is 0. The molecule has 1 atom stereocenters. The molecular weight excluding hydrogens is 394 g/mol. The number of rotatable bonds is 8. The lowest BCUT2D eigenvalue weighted by Crippen LogP contribution is -2.14. The number of Topliss-reactive ketones (excluding diaryl/α,β-unsaturated/α-hetero) is 1. The number of aromatic nitrogens is 3. The fraction of sp³-hybridized carbons (Fsp3) is 0.286. The van der Waals surface area contributed by atoms with Crippen LogP contribution < -0.4 is 4.74 Å². The first kappa shape index (κ1) is 20.4. The van der Waals surface area contributed by atoms with E-state index in [0.717, 1.165) is 6.42 Å². The number of carbonyl (C=O) groups excluding carboxylic acids is 1. The van der Waals surface area contributed by atoms with E-state index < -0.39 is 0 Å². The van der Waals surface area contributed by atoms with Crippen LogP contribution in [0.5, 0.6) is 5.75 Å². The maximum atomic E-state index is 12.7. The summed E-state index contributed by atoms with van der Waals surface area (Å²) < 4.78 is 7.58. The molecule has 0 bridgehead atoms. The van der Waals surface area contributed by atoms with Crippen LogP contribution in [0.25, 0.3) is 0 Å². The van der Waals surface area contributed by atoms with E-state index in [4.69, 9.17) is 16.3 Å². The molecule has 146 valence electrons. The van der Waals surface area contributed by atoms with E-state index in [2.05, 4.69) is 17.1 Å². The van der Waals surface area contributed by atoms with Gasteiger partial charge in [-0.2, -0.15) is 0 Å². The van der Waals surface area contributed by atoms with Crippen LogP contribution in [0.4, 0.5) is 0 Å². The maximum absolute atomic E-state index is 12.7. The highest BCUT2D eigenvalue weighted by molar-refractivity contribution is 8.00. The zero-order valence-corrected chi connectivity index (χ0v) is 17.6. The predicted octanol–water partition coefficient (Wildman–Crippen LogP) is 4.97. The molecular formula is C21H22ClN3O2S. The largest absolute Gasteiger partial charge is 0.486 e. The number of halogens is 1. The van der Waals surface area contributed by atoms with Crippen molar-refractivity contribution in [1.29, 1.82) is 0 Å². The van der Waals surface area contributed by atoms with Crippen molar-refractivity contribution in [3.05, 3.63) is 70.5 Å². The maximum Gasteiger partial charge on any atom is 0.191 e. The van der Waals surface area contributed by atoms with E-state index in [1.54, 1.807) is 24.3 Å². The number of benzene rings is 2. The predicted molar refractivity (Wildman–Crippen MR) is 112 cm³/mol. The van der Waals surface area contributed by atoms with Crippen molar-refractivity contribution in [2.75, 3.05) is 0 Å². The lowest BCUT2D eigenvalue weighted by Gasteiger charge is -2.11. The molecule has 0 amide bonds. The Hall–Kier alpha value is -2.31. The van der Waals surface area contributed by atoms with Crippen molar-refractivity contribution in [2.24, 2.45) is 7.05 Å². The Labute approximate surface area is 174 Å². The molecule has 1 aromatic heterocycles. The summed E-state index contributed by atoms with van der Waals surface area (Å²) in [6.45, 7) is 4.27. The molecule has 7 heteroatoms. The Morgan fingerprint density at radius 3 is 2.46 bits per heavy atom. The first-order valence-electron chi connectivity index (χ1n) is 9.04. The minimum absolute atomic E-state index is 0.0783. The van der Waals surface area contributed by atoms with Crippen molar-refractivity contribution in [3.63, 3.8) is 0 Å². The molecule has 3 rings (SSSR count). The molecule has 0 radical (unpaired) electrons. The van der Waals surface area contributed by atoms with Crippen molar-refractivity contribution in [3.8, 4) is 5.75 Å². The quantitative estimate of drug-likeness (QED) is 0.384. The van der Waals surface area contributed by atoms with Gasteiger partial charge in [0.05, 0.1) is 5.25 Å². The zero-order chi connectivity index (χ0) is 20.1. The molecule has 1 unspecified atom stereocenters. The monoisotopic (exact) mass is 415 g/mol. The molecule has 28 heavy (non-hydrogen) atoms. The summed E-state index contributed by atoms with van der Waals surface area (Å²) in [5.74, 6) is 1.47. The number of aryl methyl sites for hydroxylation is 1. The van der Waals surface area contributed by atoms with Crippen LogP contribution in [0.2, 0.25) is 5.02 Å². The fourth-order valence-electron chi connectivity index (χ4n) is 2.60. The summed E-state index contributed by atoms with van der Waals surface area (Å²) in [5, 5.41) is 9.47.